The fourth-order valence-corrected chi connectivity index (χ4v) is 2.29. The molecule has 1 heterocycles. The Morgan fingerprint density at radius 3 is 2.74 bits per heavy atom. The number of aryl methyl sites for hydroxylation is 1. The first kappa shape index (κ1) is 16.4. The molecule has 0 bridgehead atoms. The van der Waals surface area contributed by atoms with E-state index in [-0.39, 0.29) is 18.2 Å². The van der Waals surface area contributed by atoms with Gasteiger partial charge in [0.05, 0.1) is 0 Å². The van der Waals surface area contributed by atoms with Crippen LogP contribution in [0.2, 0.25) is 0 Å². The van der Waals surface area contributed by atoms with E-state index in [9.17, 15) is 4.79 Å². The topological polar surface area (TPSA) is 98.9 Å². The summed E-state index contributed by atoms with van der Waals surface area (Å²) in [5, 5.41) is 21.1. The third-order valence-corrected chi connectivity index (χ3v) is 3.33. The van der Waals surface area contributed by atoms with Crippen LogP contribution in [-0.2, 0) is 11.2 Å². The molecule has 0 saturated carbocycles. The fourth-order valence-electron chi connectivity index (χ4n) is 2.29. The molecule has 1 aromatic carbocycles. The van der Waals surface area contributed by atoms with Gasteiger partial charge >= 0.3 is 5.97 Å². The molecule has 0 radical (unpaired) electrons. The standard InChI is InChI=1S/C17H18N4O2/c1-12-9-15(11-18)21-17(19-12)20-14(7-8-16(22)23)10-13-5-3-2-4-6-13/h2-6,9,14H,7-8,10H2,1H3,(H,22,23)(H,19,20,21). The lowest BCUT2D eigenvalue weighted by molar-refractivity contribution is -0.137. The lowest BCUT2D eigenvalue weighted by atomic mass is 10.0. The highest BCUT2D eigenvalue weighted by molar-refractivity contribution is 5.66. The molecule has 0 fully saturated rings. The molecule has 118 valence electrons. The molecule has 0 amide bonds. The van der Waals surface area contributed by atoms with Gasteiger partial charge in [-0.25, -0.2) is 9.97 Å². The average Bonchev–Trinajstić information content (AvgIpc) is 2.53. The zero-order valence-electron chi connectivity index (χ0n) is 12.9. The van der Waals surface area contributed by atoms with E-state index in [1.54, 1.807) is 13.0 Å². The number of carboxylic acid groups (broad SMARTS) is 1. The summed E-state index contributed by atoms with van der Waals surface area (Å²) in [7, 11) is 0. The Balaban J connectivity index is 2.15. The second-order valence-electron chi connectivity index (χ2n) is 5.29. The first-order valence-electron chi connectivity index (χ1n) is 7.35. The summed E-state index contributed by atoms with van der Waals surface area (Å²) in [6.45, 7) is 1.79. The number of carboxylic acids is 1. The Morgan fingerprint density at radius 1 is 1.35 bits per heavy atom. The van der Waals surface area contributed by atoms with E-state index in [0.717, 1.165) is 5.56 Å². The molecule has 6 heteroatoms. The minimum absolute atomic E-state index is 0.0570. The van der Waals surface area contributed by atoms with E-state index < -0.39 is 5.97 Å². The first-order chi connectivity index (χ1) is 11.1. The van der Waals surface area contributed by atoms with E-state index >= 15 is 0 Å². The van der Waals surface area contributed by atoms with Crippen LogP contribution in [0.5, 0.6) is 0 Å². The number of nitrogens with one attached hydrogen (secondary N) is 1. The van der Waals surface area contributed by atoms with E-state index in [4.69, 9.17) is 10.4 Å². The minimum Gasteiger partial charge on any atom is -0.481 e. The SMILES string of the molecule is Cc1cc(C#N)nc(NC(CCC(=O)O)Cc2ccccc2)n1. The Bertz CT molecular complexity index is 710. The second kappa shape index (κ2) is 7.90. The molecular weight excluding hydrogens is 292 g/mol. The van der Waals surface area contributed by atoms with Crippen LogP contribution in [0.25, 0.3) is 0 Å². The van der Waals surface area contributed by atoms with E-state index in [0.29, 0.717) is 24.5 Å². The van der Waals surface area contributed by atoms with Crippen molar-refractivity contribution in [1.82, 2.24) is 9.97 Å². The number of aromatic nitrogens is 2. The van der Waals surface area contributed by atoms with Crippen LogP contribution in [-0.4, -0.2) is 27.1 Å². The summed E-state index contributed by atoms with van der Waals surface area (Å²) in [5.41, 5.74) is 2.08. The molecule has 2 N–H and O–H groups in total. The van der Waals surface area contributed by atoms with Crippen LogP contribution in [0.4, 0.5) is 5.95 Å². The zero-order chi connectivity index (χ0) is 16.7. The van der Waals surface area contributed by atoms with Crippen LogP contribution in [0.3, 0.4) is 0 Å². The normalized spacial score (nSPS) is 11.5. The Labute approximate surface area is 134 Å². The molecule has 0 aliphatic heterocycles. The Hall–Kier alpha value is -2.94. The summed E-state index contributed by atoms with van der Waals surface area (Å²) in [4.78, 5) is 19.3. The van der Waals surface area contributed by atoms with E-state index in [1.165, 1.54) is 0 Å². The smallest absolute Gasteiger partial charge is 0.303 e. The van der Waals surface area contributed by atoms with E-state index in [1.807, 2.05) is 36.4 Å². The third-order valence-electron chi connectivity index (χ3n) is 3.33. The zero-order valence-corrected chi connectivity index (χ0v) is 12.9. The number of rotatable bonds is 7. The van der Waals surface area contributed by atoms with Crippen LogP contribution in [0.15, 0.2) is 36.4 Å². The summed E-state index contributed by atoms with van der Waals surface area (Å²) in [6, 6.07) is 13.3. The van der Waals surface area contributed by atoms with Crippen LogP contribution in [0.1, 0.15) is 29.8 Å². The largest absolute Gasteiger partial charge is 0.481 e. The number of hydrogen-bond donors (Lipinski definition) is 2. The molecule has 0 aliphatic rings. The summed E-state index contributed by atoms with van der Waals surface area (Å²) >= 11 is 0. The van der Waals surface area contributed by atoms with Gasteiger partial charge in [-0.2, -0.15) is 5.26 Å². The number of anilines is 1. The van der Waals surface area contributed by atoms with E-state index in [2.05, 4.69) is 15.3 Å². The molecule has 1 atom stereocenters. The molecule has 0 spiro atoms. The average molecular weight is 310 g/mol. The molecule has 2 aromatic rings. The molecule has 2 rings (SSSR count). The quantitative estimate of drug-likeness (QED) is 0.815. The van der Waals surface area contributed by atoms with Gasteiger partial charge in [-0.05, 0) is 31.4 Å². The Kier molecular flexibility index (Phi) is 5.64. The van der Waals surface area contributed by atoms with Gasteiger partial charge in [-0.1, -0.05) is 30.3 Å². The van der Waals surface area contributed by atoms with Crippen molar-refractivity contribution in [2.45, 2.75) is 32.2 Å². The lowest BCUT2D eigenvalue weighted by Crippen LogP contribution is -2.25. The highest BCUT2D eigenvalue weighted by Crippen LogP contribution is 2.13. The molecule has 6 nitrogen and oxygen atoms in total. The lowest BCUT2D eigenvalue weighted by Gasteiger charge is -2.18. The maximum absolute atomic E-state index is 10.9. The van der Waals surface area contributed by atoms with Crippen molar-refractivity contribution < 1.29 is 9.90 Å². The predicted octanol–water partition coefficient (Wildman–Crippen LogP) is 2.54. The highest BCUT2D eigenvalue weighted by atomic mass is 16.4. The van der Waals surface area contributed by atoms with Crippen molar-refractivity contribution >= 4 is 11.9 Å². The van der Waals surface area contributed by atoms with Gasteiger partial charge < -0.3 is 10.4 Å². The van der Waals surface area contributed by atoms with Gasteiger partial charge in [0, 0.05) is 18.2 Å². The maximum atomic E-state index is 10.9. The Morgan fingerprint density at radius 2 is 2.09 bits per heavy atom. The van der Waals surface area contributed by atoms with Gasteiger partial charge in [0.1, 0.15) is 11.8 Å². The van der Waals surface area contributed by atoms with Gasteiger partial charge in [-0.3, -0.25) is 4.79 Å². The van der Waals surface area contributed by atoms with Crippen molar-refractivity contribution in [2.24, 2.45) is 0 Å². The number of nitriles is 1. The third kappa shape index (κ3) is 5.40. The van der Waals surface area contributed by atoms with Crippen LogP contribution >= 0.6 is 0 Å². The van der Waals surface area contributed by atoms with Crippen molar-refractivity contribution in [3.63, 3.8) is 0 Å². The van der Waals surface area contributed by atoms with Gasteiger partial charge in [0.15, 0.2) is 0 Å². The fraction of sp³-hybridized carbons (Fsp3) is 0.294. The summed E-state index contributed by atoms with van der Waals surface area (Å²) < 4.78 is 0. The van der Waals surface area contributed by atoms with Crippen molar-refractivity contribution in [1.29, 1.82) is 5.26 Å². The monoisotopic (exact) mass is 310 g/mol. The van der Waals surface area contributed by atoms with Crippen LogP contribution in [0, 0.1) is 18.3 Å². The molecule has 23 heavy (non-hydrogen) atoms. The summed E-state index contributed by atoms with van der Waals surface area (Å²) in [6.07, 6.45) is 1.16. The van der Waals surface area contributed by atoms with Crippen molar-refractivity contribution in [3.8, 4) is 6.07 Å². The molecular formula is C17H18N4O2. The number of carbonyl (C=O) groups is 1. The predicted molar refractivity (Wildman–Crippen MR) is 85.9 cm³/mol. The highest BCUT2D eigenvalue weighted by Gasteiger charge is 2.14. The second-order valence-corrected chi connectivity index (χ2v) is 5.29. The molecule has 1 aromatic heterocycles. The maximum Gasteiger partial charge on any atom is 0.303 e. The summed E-state index contributed by atoms with van der Waals surface area (Å²) in [5.74, 6) is -0.486. The number of hydrogen-bond acceptors (Lipinski definition) is 5. The minimum atomic E-state index is -0.840. The van der Waals surface area contributed by atoms with Gasteiger partial charge in [0.2, 0.25) is 5.95 Å². The molecule has 0 aliphatic carbocycles. The first-order valence-corrected chi connectivity index (χ1v) is 7.35. The van der Waals surface area contributed by atoms with Gasteiger partial charge in [0.25, 0.3) is 0 Å². The number of aliphatic carboxylic acids is 1. The van der Waals surface area contributed by atoms with Crippen molar-refractivity contribution in [3.05, 3.63) is 53.3 Å². The molecule has 0 saturated heterocycles. The molecule has 1 unspecified atom stereocenters. The van der Waals surface area contributed by atoms with Gasteiger partial charge in [-0.15, -0.1) is 0 Å². The van der Waals surface area contributed by atoms with Crippen LogP contribution < -0.4 is 5.32 Å². The van der Waals surface area contributed by atoms with Crippen molar-refractivity contribution in [2.75, 3.05) is 5.32 Å². The number of nitrogens with zero attached hydrogens (tertiary/aromatic N) is 3. The number of benzene rings is 1.